The Labute approximate surface area is 373 Å². The maximum absolute atomic E-state index is 12.5. The van der Waals surface area contributed by atoms with Crippen LogP contribution in [0.4, 0.5) is 0 Å². The van der Waals surface area contributed by atoms with Crippen LogP contribution in [0.3, 0.4) is 0 Å². The number of carbonyl (C=O) groups excluding carboxylic acids is 2. The second-order valence-electron chi connectivity index (χ2n) is 14.2. The number of thioether (sulfide) groups is 2. The third kappa shape index (κ3) is 11.3. The minimum atomic E-state index is -1.25. The number of esters is 2. The summed E-state index contributed by atoms with van der Waals surface area (Å²) in [5, 5.41) is 18.0. The number of hydrogen-bond acceptors (Lipinski definition) is 10. The van der Waals surface area contributed by atoms with Gasteiger partial charge < -0.3 is 29.2 Å². The fourth-order valence-corrected chi connectivity index (χ4v) is 9.12. The van der Waals surface area contributed by atoms with Crippen molar-refractivity contribution in [1.82, 2.24) is 0 Å². The molecule has 0 fully saturated rings. The minimum Gasteiger partial charge on any atom is -0.490 e. The van der Waals surface area contributed by atoms with Crippen molar-refractivity contribution in [1.29, 1.82) is 0 Å². The largest absolute Gasteiger partial charge is 0.490 e. The first-order valence-corrected chi connectivity index (χ1v) is 21.9. The van der Waals surface area contributed by atoms with Crippen LogP contribution in [-0.2, 0) is 34.1 Å². The quantitative estimate of drug-likeness (QED) is 0.0427. The van der Waals surface area contributed by atoms with Crippen molar-refractivity contribution in [3.8, 4) is 22.6 Å². The maximum atomic E-state index is 12.5. The van der Waals surface area contributed by atoms with Gasteiger partial charge in [-0.1, -0.05) is 109 Å². The van der Waals surface area contributed by atoms with Crippen molar-refractivity contribution in [2.24, 2.45) is 0 Å². The topological polar surface area (TPSA) is 146 Å². The van der Waals surface area contributed by atoms with Crippen LogP contribution in [0.15, 0.2) is 192 Å². The van der Waals surface area contributed by atoms with E-state index < -0.39 is 41.5 Å². The lowest BCUT2D eigenvalue weighted by Crippen LogP contribution is -2.29. The Morgan fingerprint density at radius 3 is 1.22 bits per heavy atom. The Hall–Kier alpha value is -7.02. The summed E-state index contributed by atoms with van der Waals surface area (Å²) < 4.78 is 23.7. The van der Waals surface area contributed by atoms with Gasteiger partial charge in [-0.3, -0.25) is 0 Å². The number of carboxylic acids is 2. The van der Waals surface area contributed by atoms with E-state index >= 15 is 0 Å². The smallest absolute Gasteiger partial charge is 0.331 e. The molecular weight excluding hydrogens is 837 g/mol. The first-order valence-electron chi connectivity index (χ1n) is 19.9. The summed E-state index contributed by atoms with van der Waals surface area (Å²) in [6.07, 6.45) is 1.90. The highest BCUT2D eigenvalue weighted by Gasteiger charge is 2.46. The Morgan fingerprint density at radius 1 is 0.476 bits per heavy atom. The van der Waals surface area contributed by atoms with E-state index in [1.54, 1.807) is 0 Å². The monoisotopic (exact) mass is 878 g/mol. The number of fused-ring (bicyclic) bond motifs is 3. The van der Waals surface area contributed by atoms with Gasteiger partial charge in [-0.15, -0.1) is 23.5 Å². The molecule has 6 aromatic carbocycles. The van der Waals surface area contributed by atoms with Crippen LogP contribution in [-0.4, -0.2) is 71.0 Å². The number of rotatable bonds is 20. The van der Waals surface area contributed by atoms with Crippen molar-refractivity contribution < 1.29 is 48.3 Å². The fourth-order valence-electron chi connectivity index (χ4n) is 7.33. The van der Waals surface area contributed by atoms with Gasteiger partial charge in [0.25, 0.3) is 0 Å². The van der Waals surface area contributed by atoms with Crippen LogP contribution < -0.4 is 9.47 Å². The normalized spacial score (nSPS) is 13.4. The molecule has 0 aromatic heterocycles. The lowest BCUT2D eigenvalue weighted by Gasteiger charge is -2.34. The van der Waals surface area contributed by atoms with Gasteiger partial charge in [-0.25, -0.2) is 19.2 Å². The summed E-state index contributed by atoms with van der Waals surface area (Å²) in [6, 6.07) is 51.8. The molecule has 0 aliphatic heterocycles. The van der Waals surface area contributed by atoms with E-state index in [-0.39, 0.29) is 13.2 Å². The Morgan fingerprint density at radius 2 is 0.841 bits per heavy atom. The van der Waals surface area contributed by atoms with E-state index in [0.29, 0.717) is 23.0 Å². The van der Waals surface area contributed by atoms with Gasteiger partial charge >= 0.3 is 23.9 Å². The molecule has 0 saturated carbocycles. The van der Waals surface area contributed by atoms with Crippen LogP contribution in [0.2, 0.25) is 0 Å². The number of carbonyl (C=O) groups is 4. The molecule has 1 aliphatic rings. The van der Waals surface area contributed by atoms with Crippen LogP contribution in [0.25, 0.3) is 11.1 Å². The molecular formula is C51H42O10S2. The predicted octanol–water partition coefficient (Wildman–Crippen LogP) is 9.50. The fraction of sp³-hybridized carbons (Fsp3) is 0.137. The molecule has 2 atom stereocenters. The predicted molar refractivity (Wildman–Crippen MR) is 242 cm³/mol. The highest BCUT2D eigenvalue weighted by Crippen LogP contribution is 2.56. The standard InChI is InChI=1S/C51H42O10S2/c52-47(53)27-29-49(56)60-39(33-62-41-11-3-1-4-12-41)31-58-37-23-19-35(20-24-37)51(45-17-9-7-15-43(45)44-16-8-10-18-46(44)51)36-21-25-38(26-22-36)59-32-40(61-50(57)30-28-48(54)55)34-63-42-13-5-2-6-14-42/h1-30,39-40H,31-34H2,(H,52,53)(H,54,55)/b29-27+,30-28+. The Kier molecular flexibility index (Phi) is 14.8. The molecule has 2 unspecified atom stereocenters. The van der Waals surface area contributed by atoms with Crippen molar-refractivity contribution >= 4 is 47.4 Å². The number of benzene rings is 6. The van der Waals surface area contributed by atoms with Crippen LogP contribution in [0, 0.1) is 0 Å². The van der Waals surface area contributed by atoms with Gasteiger partial charge in [0, 0.05) is 45.6 Å². The Bertz CT molecular complexity index is 2400. The van der Waals surface area contributed by atoms with Crippen molar-refractivity contribution in [3.63, 3.8) is 0 Å². The van der Waals surface area contributed by atoms with Gasteiger partial charge in [0.2, 0.25) is 0 Å². The molecule has 0 heterocycles. The SMILES string of the molecule is O=C(O)/C=C/C(=O)OC(COc1ccc(C2(c3ccc(OCC(CSc4ccccc4)OC(=O)/C=C/C(=O)O)cc3)c3ccccc3-c3ccccc32)cc1)CSc1ccccc1. The zero-order chi connectivity index (χ0) is 44.0. The van der Waals surface area contributed by atoms with Crippen LogP contribution in [0.1, 0.15) is 22.3 Å². The summed E-state index contributed by atoms with van der Waals surface area (Å²) >= 11 is 2.99. The van der Waals surface area contributed by atoms with E-state index in [1.807, 2.05) is 133 Å². The summed E-state index contributed by atoms with van der Waals surface area (Å²) in [6.45, 7) is 0.0717. The summed E-state index contributed by atoms with van der Waals surface area (Å²) in [4.78, 5) is 49.0. The van der Waals surface area contributed by atoms with Gasteiger partial charge in [0.05, 0.1) is 5.41 Å². The van der Waals surface area contributed by atoms with Gasteiger partial charge in [0.15, 0.2) is 0 Å². The minimum absolute atomic E-state index is 0.0359. The van der Waals surface area contributed by atoms with Gasteiger partial charge in [-0.05, 0) is 81.9 Å². The number of aliphatic carboxylic acids is 2. The highest BCUT2D eigenvalue weighted by atomic mass is 32.2. The van der Waals surface area contributed by atoms with Gasteiger partial charge in [0.1, 0.15) is 36.9 Å². The van der Waals surface area contributed by atoms with E-state index in [0.717, 1.165) is 67.5 Å². The number of ether oxygens (including phenoxy) is 4. The molecule has 0 bridgehead atoms. The van der Waals surface area contributed by atoms with Gasteiger partial charge in [-0.2, -0.15) is 0 Å². The zero-order valence-corrected chi connectivity index (χ0v) is 35.4. The maximum Gasteiger partial charge on any atom is 0.331 e. The lowest BCUT2D eigenvalue weighted by atomic mass is 9.68. The Balaban J connectivity index is 1.13. The summed E-state index contributed by atoms with van der Waals surface area (Å²) in [7, 11) is 0. The molecule has 0 radical (unpaired) electrons. The third-order valence-corrected chi connectivity index (χ3v) is 12.3. The third-order valence-electron chi connectivity index (χ3n) is 10.0. The molecule has 0 amide bonds. The van der Waals surface area contributed by atoms with Crippen LogP contribution >= 0.6 is 23.5 Å². The summed E-state index contributed by atoms with van der Waals surface area (Å²) in [5.74, 6) is -2.17. The van der Waals surface area contributed by atoms with Crippen LogP contribution in [0.5, 0.6) is 11.5 Å². The zero-order valence-electron chi connectivity index (χ0n) is 33.8. The van der Waals surface area contributed by atoms with E-state index in [1.165, 1.54) is 23.5 Å². The molecule has 318 valence electrons. The van der Waals surface area contributed by atoms with E-state index in [4.69, 9.17) is 29.2 Å². The molecule has 0 spiro atoms. The number of carboxylic acid groups (broad SMARTS) is 2. The molecule has 7 rings (SSSR count). The molecule has 6 aromatic rings. The average Bonchev–Trinajstić information content (AvgIpc) is 3.61. The number of hydrogen-bond donors (Lipinski definition) is 2. The average molecular weight is 879 g/mol. The van der Waals surface area contributed by atoms with Crippen molar-refractivity contribution in [2.45, 2.75) is 27.4 Å². The van der Waals surface area contributed by atoms with Crippen molar-refractivity contribution in [2.75, 3.05) is 24.7 Å². The van der Waals surface area contributed by atoms with Crippen molar-refractivity contribution in [3.05, 3.63) is 204 Å². The first kappa shape index (κ1) is 44.0. The first-order chi connectivity index (χ1) is 30.7. The van der Waals surface area contributed by atoms with E-state index in [9.17, 15) is 19.2 Å². The summed E-state index contributed by atoms with van der Waals surface area (Å²) in [5.41, 5.74) is 5.68. The molecule has 12 heteroatoms. The molecule has 63 heavy (non-hydrogen) atoms. The second kappa shape index (κ2) is 21.2. The highest BCUT2D eigenvalue weighted by molar-refractivity contribution is 7.99. The molecule has 2 N–H and O–H groups in total. The lowest BCUT2D eigenvalue weighted by molar-refractivity contribution is -0.144. The second-order valence-corrected chi connectivity index (χ2v) is 16.4. The van der Waals surface area contributed by atoms with E-state index in [2.05, 4.69) is 24.3 Å². The molecule has 0 saturated heterocycles. The molecule has 1 aliphatic carbocycles. The molecule has 10 nitrogen and oxygen atoms in total.